The lowest BCUT2D eigenvalue weighted by molar-refractivity contribution is -0.123. The molecule has 2 N–H and O–H groups in total. The van der Waals surface area contributed by atoms with Crippen LogP contribution in [0.2, 0.25) is 0 Å². The monoisotopic (exact) mass is 413 g/mol. The van der Waals surface area contributed by atoms with E-state index in [4.69, 9.17) is 0 Å². The summed E-state index contributed by atoms with van der Waals surface area (Å²) in [5.74, 6) is 0.576. The molecule has 4 rings (SSSR count). The van der Waals surface area contributed by atoms with Gasteiger partial charge in [-0.3, -0.25) is 9.69 Å². The predicted octanol–water partition coefficient (Wildman–Crippen LogP) is 3.17. The lowest BCUT2D eigenvalue weighted by Crippen LogP contribution is -2.46. The van der Waals surface area contributed by atoms with Crippen LogP contribution < -0.4 is 10.6 Å². The molecule has 1 aromatic rings. The first-order valence-corrected chi connectivity index (χ1v) is 10.0. The lowest BCUT2D eigenvalue weighted by atomic mass is 9.91. The average Bonchev–Trinajstić information content (AvgIpc) is 3.35. The summed E-state index contributed by atoms with van der Waals surface area (Å²) in [5, 5.41) is 6.70. The van der Waals surface area contributed by atoms with Crippen molar-refractivity contribution in [3.8, 4) is 0 Å². The number of piperidine rings is 1. The average molecular weight is 414 g/mol. The van der Waals surface area contributed by atoms with E-state index in [0.29, 0.717) is 17.4 Å². The predicted molar refractivity (Wildman–Crippen MR) is 115 cm³/mol. The topological polar surface area (TPSA) is 44.4 Å². The minimum absolute atomic E-state index is 0. The Bertz CT molecular complexity index is 634. The Morgan fingerprint density at radius 1 is 1.26 bits per heavy atom. The molecule has 2 fully saturated rings. The van der Waals surface area contributed by atoms with E-state index in [1.165, 1.54) is 24.0 Å². The minimum Gasteiger partial charge on any atom is -0.354 e. The normalized spacial score (nSPS) is 24.1. The smallest absolute Gasteiger partial charge is 0.223 e. The number of carbonyl (C=O) groups excluding carboxylic acids is 1. The van der Waals surface area contributed by atoms with E-state index in [1.807, 2.05) is 0 Å². The highest BCUT2D eigenvalue weighted by atomic mass is 35.5. The van der Waals surface area contributed by atoms with Crippen molar-refractivity contribution < 1.29 is 4.79 Å². The van der Waals surface area contributed by atoms with Crippen LogP contribution in [0.15, 0.2) is 24.3 Å². The molecule has 1 aliphatic carbocycles. The van der Waals surface area contributed by atoms with E-state index < -0.39 is 0 Å². The number of hydrogen-bond acceptors (Lipinski definition) is 3. The van der Waals surface area contributed by atoms with Crippen molar-refractivity contribution in [2.45, 2.75) is 51.6 Å². The van der Waals surface area contributed by atoms with Gasteiger partial charge in [-0.25, -0.2) is 0 Å². The van der Waals surface area contributed by atoms with Gasteiger partial charge in [-0.15, -0.1) is 24.8 Å². The third kappa shape index (κ3) is 4.79. The maximum absolute atomic E-state index is 12.6. The van der Waals surface area contributed by atoms with Crippen LogP contribution in [0.1, 0.15) is 43.7 Å². The van der Waals surface area contributed by atoms with E-state index in [0.717, 1.165) is 52.0 Å². The number of amides is 1. The van der Waals surface area contributed by atoms with E-state index in [2.05, 4.69) is 46.7 Å². The molecule has 1 aromatic carbocycles. The molecule has 2 atom stereocenters. The Balaban J connectivity index is 0.00000131. The van der Waals surface area contributed by atoms with Gasteiger partial charge >= 0.3 is 0 Å². The molecule has 4 nitrogen and oxygen atoms in total. The van der Waals surface area contributed by atoms with Gasteiger partial charge in [0, 0.05) is 31.6 Å². The molecule has 27 heavy (non-hydrogen) atoms. The largest absolute Gasteiger partial charge is 0.354 e. The molecule has 1 saturated heterocycles. The molecule has 0 aromatic heterocycles. The molecular formula is C21H33Cl2N3O. The van der Waals surface area contributed by atoms with E-state index in [-0.39, 0.29) is 30.7 Å². The molecule has 152 valence electrons. The fraction of sp³-hybridized carbons (Fsp3) is 0.667. The summed E-state index contributed by atoms with van der Waals surface area (Å²) in [6, 6.07) is 9.22. The number of benzene rings is 1. The molecule has 1 amide bonds. The summed E-state index contributed by atoms with van der Waals surface area (Å²) in [6.45, 7) is 7.31. The Kier molecular flexibility index (Phi) is 7.99. The summed E-state index contributed by atoms with van der Waals surface area (Å²) in [5.41, 5.74) is 3.28. The molecular weight excluding hydrogens is 381 g/mol. The van der Waals surface area contributed by atoms with Crippen LogP contribution in [0.5, 0.6) is 0 Å². The highest BCUT2D eigenvalue weighted by Gasteiger charge is 2.57. The van der Waals surface area contributed by atoms with Gasteiger partial charge in [0.2, 0.25) is 5.91 Å². The second kappa shape index (κ2) is 9.60. The molecule has 6 heteroatoms. The second-order valence-electron chi connectivity index (χ2n) is 8.17. The first kappa shape index (κ1) is 22.5. The van der Waals surface area contributed by atoms with E-state index in [1.54, 1.807) is 0 Å². The standard InChI is InChI=1S/C21H31N3O.2ClH/c1-2-18(24-12-7-16-5-3-4-6-17(16)15-24)14-23-20(25)19-13-21(19)8-10-22-11-9-21;;/h3-6,18-19,22H,2,7-15H2,1H3,(H,23,25);2*1H. The van der Waals surface area contributed by atoms with Crippen molar-refractivity contribution in [2.75, 3.05) is 26.2 Å². The van der Waals surface area contributed by atoms with Crippen LogP contribution in [-0.2, 0) is 17.8 Å². The highest BCUT2D eigenvalue weighted by molar-refractivity contribution is 5.85. The van der Waals surface area contributed by atoms with E-state index in [9.17, 15) is 4.79 Å². The fourth-order valence-corrected chi connectivity index (χ4v) is 4.90. The molecule has 2 aliphatic heterocycles. The van der Waals surface area contributed by atoms with Gasteiger partial charge in [-0.05, 0) is 61.7 Å². The van der Waals surface area contributed by atoms with Crippen LogP contribution in [0.4, 0.5) is 0 Å². The molecule has 1 spiro atoms. The maximum Gasteiger partial charge on any atom is 0.223 e. The van der Waals surface area contributed by atoms with Crippen molar-refractivity contribution >= 4 is 30.7 Å². The fourth-order valence-electron chi connectivity index (χ4n) is 4.90. The van der Waals surface area contributed by atoms with Gasteiger partial charge < -0.3 is 10.6 Å². The summed E-state index contributed by atoms with van der Waals surface area (Å²) < 4.78 is 0. The maximum atomic E-state index is 12.6. The number of halogens is 2. The number of rotatable bonds is 5. The highest BCUT2D eigenvalue weighted by Crippen LogP contribution is 2.58. The zero-order valence-corrected chi connectivity index (χ0v) is 17.8. The van der Waals surface area contributed by atoms with Crippen LogP contribution in [0.25, 0.3) is 0 Å². The van der Waals surface area contributed by atoms with Crippen LogP contribution >= 0.6 is 24.8 Å². The summed E-state index contributed by atoms with van der Waals surface area (Å²) in [7, 11) is 0. The van der Waals surface area contributed by atoms with Crippen molar-refractivity contribution in [2.24, 2.45) is 11.3 Å². The SMILES string of the molecule is CCC(CNC(=O)C1CC12CCNCC2)N1CCc2ccccc2C1.Cl.Cl. The molecule has 0 bridgehead atoms. The summed E-state index contributed by atoms with van der Waals surface area (Å²) in [4.78, 5) is 15.2. The summed E-state index contributed by atoms with van der Waals surface area (Å²) in [6.07, 6.45) is 5.66. The van der Waals surface area contributed by atoms with Gasteiger partial charge in [0.15, 0.2) is 0 Å². The third-order valence-corrected chi connectivity index (χ3v) is 6.77. The third-order valence-electron chi connectivity index (χ3n) is 6.77. The van der Waals surface area contributed by atoms with Gasteiger partial charge in [-0.2, -0.15) is 0 Å². The van der Waals surface area contributed by atoms with Crippen molar-refractivity contribution in [1.29, 1.82) is 0 Å². The first-order chi connectivity index (χ1) is 12.2. The van der Waals surface area contributed by atoms with Gasteiger partial charge in [0.25, 0.3) is 0 Å². The Morgan fingerprint density at radius 3 is 2.67 bits per heavy atom. The lowest BCUT2D eigenvalue weighted by Gasteiger charge is -2.35. The Hall–Kier alpha value is -0.810. The Morgan fingerprint density at radius 2 is 1.96 bits per heavy atom. The van der Waals surface area contributed by atoms with Crippen LogP contribution in [0.3, 0.4) is 0 Å². The quantitative estimate of drug-likeness (QED) is 0.778. The molecule has 3 aliphatic rings. The number of fused-ring (bicyclic) bond motifs is 1. The number of nitrogens with zero attached hydrogens (tertiary/aromatic N) is 1. The van der Waals surface area contributed by atoms with Crippen molar-refractivity contribution in [3.63, 3.8) is 0 Å². The van der Waals surface area contributed by atoms with Gasteiger partial charge in [0.1, 0.15) is 0 Å². The molecule has 2 unspecified atom stereocenters. The molecule has 1 saturated carbocycles. The van der Waals surface area contributed by atoms with Crippen LogP contribution in [0, 0.1) is 11.3 Å². The van der Waals surface area contributed by atoms with Gasteiger partial charge in [-0.1, -0.05) is 31.2 Å². The zero-order chi connectivity index (χ0) is 17.3. The van der Waals surface area contributed by atoms with Crippen LogP contribution in [-0.4, -0.2) is 43.0 Å². The minimum atomic E-state index is 0. The van der Waals surface area contributed by atoms with Gasteiger partial charge in [0.05, 0.1) is 0 Å². The molecule has 2 heterocycles. The summed E-state index contributed by atoms with van der Waals surface area (Å²) >= 11 is 0. The van der Waals surface area contributed by atoms with Crippen molar-refractivity contribution in [3.05, 3.63) is 35.4 Å². The number of carbonyl (C=O) groups is 1. The molecule has 0 radical (unpaired) electrons. The number of hydrogen-bond donors (Lipinski definition) is 2. The Labute approximate surface area is 175 Å². The van der Waals surface area contributed by atoms with E-state index >= 15 is 0 Å². The first-order valence-electron chi connectivity index (χ1n) is 10.0. The van der Waals surface area contributed by atoms with Crippen molar-refractivity contribution in [1.82, 2.24) is 15.5 Å². The number of nitrogens with one attached hydrogen (secondary N) is 2. The second-order valence-corrected chi connectivity index (χ2v) is 8.17. The zero-order valence-electron chi connectivity index (χ0n) is 16.2.